The average Bonchev–Trinajstić information content (AvgIpc) is 2.86. The molecule has 3 aromatic carbocycles. The number of methoxy groups -OCH3 is 2. The van der Waals surface area contributed by atoms with Gasteiger partial charge < -0.3 is 20.1 Å². The van der Waals surface area contributed by atoms with Crippen LogP contribution in [0, 0.1) is 0 Å². The molecule has 0 saturated heterocycles. The van der Waals surface area contributed by atoms with E-state index in [1.807, 2.05) is 0 Å². The molecule has 0 aliphatic carbocycles. The molecule has 0 heterocycles. The lowest BCUT2D eigenvalue weighted by atomic mass is 10.2. The lowest BCUT2D eigenvalue weighted by Gasteiger charge is -2.24. The van der Waals surface area contributed by atoms with Crippen LogP contribution in [0.4, 0.5) is 16.2 Å². The first-order valence-corrected chi connectivity index (χ1v) is 11.3. The number of hydrogen-bond donors (Lipinski definition) is 2. The normalized spacial score (nSPS) is 10.4. The topological polar surface area (TPSA) is 79.9 Å². The molecule has 34 heavy (non-hydrogen) atoms. The molecule has 0 bridgehead atoms. The number of rotatable bonds is 9. The van der Waals surface area contributed by atoms with Gasteiger partial charge in [-0.25, -0.2) is 4.79 Å². The second kappa shape index (κ2) is 12.2. The number of nitrogens with one attached hydrogen (secondary N) is 2. The van der Waals surface area contributed by atoms with Crippen molar-refractivity contribution in [2.24, 2.45) is 0 Å². The maximum atomic E-state index is 13.1. The molecule has 0 atom stereocenters. The van der Waals surface area contributed by atoms with Crippen molar-refractivity contribution in [1.82, 2.24) is 5.32 Å². The van der Waals surface area contributed by atoms with Crippen LogP contribution in [-0.2, 0) is 0 Å². The summed E-state index contributed by atoms with van der Waals surface area (Å²) in [6.45, 7) is 0.737. The van der Waals surface area contributed by atoms with E-state index in [0.717, 1.165) is 0 Å². The van der Waals surface area contributed by atoms with Crippen LogP contribution in [0.1, 0.15) is 16.8 Å². The highest BCUT2D eigenvalue weighted by molar-refractivity contribution is 6.42. The Morgan fingerprint density at radius 1 is 0.882 bits per heavy atom. The highest BCUT2D eigenvalue weighted by Gasteiger charge is 2.17. The van der Waals surface area contributed by atoms with Gasteiger partial charge in [-0.2, -0.15) is 0 Å². The van der Waals surface area contributed by atoms with Gasteiger partial charge in [-0.05, 0) is 67.1 Å². The van der Waals surface area contributed by atoms with Gasteiger partial charge in [0.1, 0.15) is 11.5 Å². The van der Waals surface area contributed by atoms with Gasteiger partial charge >= 0.3 is 6.03 Å². The van der Waals surface area contributed by atoms with Crippen molar-refractivity contribution in [2.45, 2.75) is 6.42 Å². The third-order valence-electron chi connectivity index (χ3n) is 4.98. The molecule has 0 spiro atoms. The highest BCUT2D eigenvalue weighted by Crippen LogP contribution is 2.26. The summed E-state index contributed by atoms with van der Waals surface area (Å²) >= 11 is 12.0. The summed E-state index contributed by atoms with van der Waals surface area (Å²) in [7, 11) is 3.13. The fourth-order valence-electron chi connectivity index (χ4n) is 3.18. The lowest BCUT2D eigenvalue weighted by molar-refractivity contribution is 0.0953. The van der Waals surface area contributed by atoms with Crippen LogP contribution in [0.15, 0.2) is 66.7 Å². The molecule has 0 saturated carbocycles. The first kappa shape index (κ1) is 25.2. The summed E-state index contributed by atoms with van der Waals surface area (Å²) in [6, 6.07) is 18.6. The molecule has 0 radical (unpaired) electrons. The Morgan fingerprint density at radius 2 is 1.62 bits per heavy atom. The Kier molecular flexibility index (Phi) is 9.01. The van der Waals surface area contributed by atoms with Crippen molar-refractivity contribution in [3.05, 3.63) is 82.3 Å². The van der Waals surface area contributed by atoms with Crippen LogP contribution in [-0.4, -0.2) is 39.2 Å². The molecule has 9 heteroatoms. The third kappa shape index (κ3) is 6.79. The van der Waals surface area contributed by atoms with Gasteiger partial charge in [0.25, 0.3) is 5.91 Å². The first-order valence-electron chi connectivity index (χ1n) is 10.5. The Labute approximate surface area is 208 Å². The van der Waals surface area contributed by atoms with Gasteiger partial charge in [-0.3, -0.25) is 9.69 Å². The molecule has 3 aromatic rings. The minimum Gasteiger partial charge on any atom is -0.497 e. The number of anilines is 2. The summed E-state index contributed by atoms with van der Waals surface area (Å²) in [4.78, 5) is 27.1. The van der Waals surface area contributed by atoms with E-state index >= 15 is 0 Å². The molecule has 0 aliphatic rings. The van der Waals surface area contributed by atoms with Crippen LogP contribution in [0.3, 0.4) is 0 Å². The Morgan fingerprint density at radius 3 is 2.29 bits per heavy atom. The van der Waals surface area contributed by atoms with E-state index in [-0.39, 0.29) is 11.9 Å². The number of amides is 3. The molecule has 0 aliphatic heterocycles. The quantitative estimate of drug-likeness (QED) is 0.359. The number of urea groups is 1. The number of ether oxygens (including phenoxy) is 2. The van der Waals surface area contributed by atoms with Gasteiger partial charge in [0, 0.05) is 30.0 Å². The Hall–Kier alpha value is -3.42. The molecule has 3 rings (SSSR count). The van der Waals surface area contributed by atoms with E-state index in [0.29, 0.717) is 58.0 Å². The van der Waals surface area contributed by atoms with Crippen LogP contribution in [0.25, 0.3) is 0 Å². The maximum Gasteiger partial charge on any atom is 0.326 e. The zero-order valence-electron chi connectivity index (χ0n) is 18.8. The molecule has 178 valence electrons. The molecular formula is C25H25Cl2N3O4. The second-order valence-corrected chi connectivity index (χ2v) is 8.06. The zero-order chi connectivity index (χ0) is 24.5. The fourth-order valence-corrected chi connectivity index (χ4v) is 3.48. The molecule has 7 nitrogen and oxygen atoms in total. The number of benzene rings is 3. The summed E-state index contributed by atoms with van der Waals surface area (Å²) in [5, 5.41) is 6.45. The molecule has 0 unspecified atom stereocenters. The largest absolute Gasteiger partial charge is 0.497 e. The van der Waals surface area contributed by atoms with Crippen molar-refractivity contribution in [3.63, 3.8) is 0 Å². The van der Waals surface area contributed by atoms with Crippen LogP contribution in [0.2, 0.25) is 10.0 Å². The summed E-state index contributed by atoms with van der Waals surface area (Å²) in [6.07, 6.45) is 0.524. The predicted octanol–water partition coefficient (Wildman–Crippen LogP) is 5.87. The van der Waals surface area contributed by atoms with E-state index in [1.165, 1.54) is 0 Å². The van der Waals surface area contributed by atoms with Crippen LogP contribution < -0.4 is 25.0 Å². The second-order valence-electron chi connectivity index (χ2n) is 7.25. The SMILES string of the molecule is COc1ccc(N(CCCNC(=O)c2cccc(OC)c2)C(=O)Nc2ccc(Cl)c(Cl)c2)cc1. The van der Waals surface area contributed by atoms with E-state index in [4.69, 9.17) is 32.7 Å². The summed E-state index contributed by atoms with van der Waals surface area (Å²) in [5.41, 5.74) is 1.70. The van der Waals surface area contributed by atoms with Gasteiger partial charge in [-0.1, -0.05) is 29.3 Å². The van der Waals surface area contributed by atoms with E-state index < -0.39 is 0 Å². The molecular weight excluding hydrogens is 477 g/mol. The maximum absolute atomic E-state index is 13.1. The van der Waals surface area contributed by atoms with Crippen molar-refractivity contribution in [1.29, 1.82) is 0 Å². The van der Waals surface area contributed by atoms with Crippen molar-refractivity contribution in [3.8, 4) is 11.5 Å². The average molecular weight is 502 g/mol. The number of carbonyl (C=O) groups is 2. The van der Waals surface area contributed by atoms with Crippen molar-refractivity contribution < 1.29 is 19.1 Å². The van der Waals surface area contributed by atoms with Gasteiger partial charge in [0.15, 0.2) is 0 Å². The molecule has 2 N–H and O–H groups in total. The number of carbonyl (C=O) groups excluding carboxylic acids is 2. The summed E-state index contributed by atoms with van der Waals surface area (Å²) in [5.74, 6) is 1.08. The minimum atomic E-state index is -0.345. The van der Waals surface area contributed by atoms with Crippen molar-refractivity contribution in [2.75, 3.05) is 37.5 Å². The van der Waals surface area contributed by atoms with Crippen LogP contribution in [0.5, 0.6) is 11.5 Å². The number of halogens is 2. The molecule has 0 fully saturated rings. The number of hydrogen-bond acceptors (Lipinski definition) is 4. The van der Waals surface area contributed by atoms with Gasteiger partial charge in [-0.15, -0.1) is 0 Å². The first-order chi connectivity index (χ1) is 16.4. The standard InChI is InChI=1S/C25H25Cl2N3O4/c1-33-20-10-8-19(9-11-20)30(25(32)29-18-7-12-22(26)23(27)16-18)14-4-13-28-24(31)17-5-3-6-21(15-17)34-2/h3,5-12,15-16H,4,13-14H2,1-2H3,(H,28,31)(H,29,32). The fraction of sp³-hybridized carbons (Fsp3) is 0.200. The third-order valence-corrected chi connectivity index (χ3v) is 5.72. The van der Waals surface area contributed by atoms with Gasteiger partial charge in [0.2, 0.25) is 0 Å². The van der Waals surface area contributed by atoms with Crippen LogP contribution >= 0.6 is 23.2 Å². The minimum absolute atomic E-state index is 0.213. The van der Waals surface area contributed by atoms with Crippen molar-refractivity contribution >= 4 is 46.5 Å². The van der Waals surface area contributed by atoms with E-state index in [9.17, 15) is 9.59 Å². The highest BCUT2D eigenvalue weighted by atomic mass is 35.5. The Balaban J connectivity index is 1.66. The zero-order valence-corrected chi connectivity index (χ0v) is 20.3. The van der Waals surface area contributed by atoms with E-state index in [1.54, 1.807) is 85.8 Å². The predicted molar refractivity (Wildman–Crippen MR) is 136 cm³/mol. The number of nitrogens with zero attached hydrogens (tertiary/aromatic N) is 1. The lowest BCUT2D eigenvalue weighted by Crippen LogP contribution is -2.37. The monoisotopic (exact) mass is 501 g/mol. The molecule has 3 amide bonds. The molecule has 0 aromatic heterocycles. The smallest absolute Gasteiger partial charge is 0.326 e. The van der Waals surface area contributed by atoms with Gasteiger partial charge in [0.05, 0.1) is 24.3 Å². The van der Waals surface area contributed by atoms with E-state index in [2.05, 4.69) is 10.6 Å². The Bertz CT molecular complexity index is 1140. The summed E-state index contributed by atoms with van der Waals surface area (Å²) < 4.78 is 10.4.